The summed E-state index contributed by atoms with van der Waals surface area (Å²) in [5.41, 5.74) is 2.92. The summed E-state index contributed by atoms with van der Waals surface area (Å²) in [5.74, 6) is 0. The number of hydrogen-bond acceptors (Lipinski definition) is 3. The van der Waals surface area contributed by atoms with Crippen LogP contribution in [0.2, 0.25) is 0 Å². The number of pyridine rings is 1. The molecule has 0 radical (unpaired) electrons. The number of anilines is 1. The molecule has 0 bridgehead atoms. The molecule has 2 N–H and O–H groups in total. The van der Waals surface area contributed by atoms with Crippen LogP contribution in [0.15, 0.2) is 84.0 Å². The fourth-order valence-corrected chi connectivity index (χ4v) is 3.22. The van der Waals surface area contributed by atoms with Gasteiger partial charge in [0, 0.05) is 29.7 Å². The summed E-state index contributed by atoms with van der Waals surface area (Å²) in [4.78, 5) is 28.4. The molecule has 2 aromatic carbocycles. The van der Waals surface area contributed by atoms with Crippen LogP contribution in [0, 0.1) is 0 Å². The van der Waals surface area contributed by atoms with Gasteiger partial charge in [-0.2, -0.15) is 9.78 Å². The molecule has 3 heterocycles. The predicted molar refractivity (Wildman–Crippen MR) is 107 cm³/mol. The first kappa shape index (κ1) is 16.1. The molecule has 0 unspecified atom stereocenters. The number of fused-ring (bicyclic) bond motifs is 3. The third-order valence-electron chi connectivity index (χ3n) is 4.59. The molecule has 0 saturated heterocycles. The maximum Gasteiger partial charge on any atom is 0.330 e. The number of aromatic nitrogens is 4. The number of rotatable bonds is 2. The minimum atomic E-state index is -0.297. The largest absolute Gasteiger partial charge is 0.359 e. The molecule has 1 aromatic heterocycles. The number of nitrogens with zero attached hydrogens (tertiary/aromatic N) is 3. The fraction of sp³-hybridized carbons (Fsp3) is 0. The topological polar surface area (TPSA) is 84.7 Å². The third kappa shape index (κ3) is 2.57. The summed E-state index contributed by atoms with van der Waals surface area (Å²) < 4.78 is 2.82. The summed E-state index contributed by atoms with van der Waals surface area (Å²) in [5, 5.41) is 8.04. The highest BCUT2D eigenvalue weighted by Gasteiger charge is 2.20. The minimum absolute atomic E-state index is 0.208. The highest BCUT2D eigenvalue weighted by Crippen LogP contribution is 2.26. The number of para-hydroxylation sites is 2. The van der Waals surface area contributed by atoms with Gasteiger partial charge in [0.1, 0.15) is 5.69 Å². The van der Waals surface area contributed by atoms with Crippen molar-refractivity contribution in [2.24, 2.45) is 0 Å². The van der Waals surface area contributed by atoms with Gasteiger partial charge in [-0.1, -0.05) is 36.4 Å². The molecule has 0 spiro atoms. The van der Waals surface area contributed by atoms with Gasteiger partial charge in [0.25, 0.3) is 5.56 Å². The Hall–Kier alpha value is -4.13. The van der Waals surface area contributed by atoms with Gasteiger partial charge >= 0.3 is 6.03 Å². The zero-order valence-corrected chi connectivity index (χ0v) is 14.7. The van der Waals surface area contributed by atoms with Gasteiger partial charge in [0.15, 0.2) is 0 Å². The number of carbonyl (C=O) groups is 1. The van der Waals surface area contributed by atoms with E-state index in [4.69, 9.17) is 0 Å². The van der Waals surface area contributed by atoms with E-state index in [0.29, 0.717) is 33.5 Å². The minimum Gasteiger partial charge on any atom is -0.359 e. The first-order valence-corrected chi connectivity index (χ1v) is 8.75. The first-order valence-electron chi connectivity index (χ1n) is 8.75. The number of H-pyrrole nitrogens is 1. The van der Waals surface area contributed by atoms with Crippen LogP contribution in [0.25, 0.3) is 27.8 Å². The molecule has 7 nitrogen and oxygen atoms in total. The number of carbonyl (C=O) groups excluding carboxylic acids is 1. The second kappa shape index (κ2) is 6.24. The number of hydrogen-bond donors (Lipinski definition) is 2. The van der Waals surface area contributed by atoms with Crippen LogP contribution in [0.1, 0.15) is 0 Å². The van der Waals surface area contributed by atoms with Crippen molar-refractivity contribution in [3.05, 3.63) is 89.6 Å². The van der Waals surface area contributed by atoms with E-state index in [1.165, 1.54) is 9.25 Å². The van der Waals surface area contributed by atoms with Gasteiger partial charge in [-0.3, -0.25) is 9.36 Å². The van der Waals surface area contributed by atoms with E-state index >= 15 is 0 Å². The molecule has 136 valence electrons. The van der Waals surface area contributed by atoms with Crippen LogP contribution in [-0.4, -0.2) is 25.4 Å². The summed E-state index contributed by atoms with van der Waals surface area (Å²) >= 11 is 0. The van der Waals surface area contributed by atoms with Crippen LogP contribution in [0.3, 0.4) is 0 Å². The number of amides is 1. The smallest absolute Gasteiger partial charge is 0.330 e. The van der Waals surface area contributed by atoms with Crippen molar-refractivity contribution in [3.63, 3.8) is 0 Å². The fourth-order valence-electron chi connectivity index (χ4n) is 3.22. The van der Waals surface area contributed by atoms with Crippen LogP contribution in [0.5, 0.6) is 0 Å². The van der Waals surface area contributed by atoms with Crippen LogP contribution in [-0.2, 0) is 0 Å². The number of nitrogens with one attached hydrogen (secondary N) is 2. The second-order valence-corrected chi connectivity index (χ2v) is 6.39. The molecule has 28 heavy (non-hydrogen) atoms. The average molecular weight is 369 g/mol. The molecule has 0 saturated carbocycles. The Kier molecular flexibility index (Phi) is 3.58. The summed E-state index contributed by atoms with van der Waals surface area (Å²) in [7, 11) is 0. The summed E-state index contributed by atoms with van der Waals surface area (Å²) in [6, 6.07) is 18.2. The van der Waals surface area contributed by atoms with Crippen molar-refractivity contribution in [2.75, 3.05) is 5.32 Å². The average Bonchev–Trinajstić information content (AvgIpc) is 3.31. The lowest BCUT2D eigenvalue weighted by molar-refractivity contribution is 0.253. The van der Waals surface area contributed by atoms with Gasteiger partial charge in [0.05, 0.1) is 16.8 Å². The maximum absolute atomic E-state index is 12.7. The maximum atomic E-state index is 12.7. The van der Waals surface area contributed by atoms with E-state index in [-0.39, 0.29) is 11.6 Å². The van der Waals surface area contributed by atoms with E-state index in [9.17, 15) is 9.59 Å². The Bertz CT molecular complexity index is 1320. The van der Waals surface area contributed by atoms with E-state index in [0.717, 1.165) is 0 Å². The van der Waals surface area contributed by atoms with Crippen molar-refractivity contribution in [3.8, 4) is 16.9 Å². The lowest BCUT2D eigenvalue weighted by Gasteiger charge is -2.04. The van der Waals surface area contributed by atoms with Gasteiger partial charge in [-0.25, -0.2) is 4.79 Å². The van der Waals surface area contributed by atoms with Crippen LogP contribution < -0.4 is 10.9 Å². The van der Waals surface area contributed by atoms with Crippen molar-refractivity contribution >= 4 is 22.6 Å². The third-order valence-corrected chi connectivity index (χ3v) is 4.59. The Morgan fingerprint density at radius 2 is 1.68 bits per heavy atom. The summed E-state index contributed by atoms with van der Waals surface area (Å²) in [6.07, 6.45) is 4.99. The Morgan fingerprint density at radius 3 is 2.43 bits per heavy atom. The molecule has 0 atom stereocenters. The van der Waals surface area contributed by atoms with E-state index in [2.05, 4.69) is 15.4 Å². The first-order chi connectivity index (χ1) is 13.7. The highest BCUT2D eigenvalue weighted by molar-refractivity contribution is 5.98. The molecule has 0 fully saturated rings. The van der Waals surface area contributed by atoms with Gasteiger partial charge in [-0.15, -0.1) is 0 Å². The Morgan fingerprint density at radius 1 is 0.964 bits per heavy atom. The van der Waals surface area contributed by atoms with Crippen molar-refractivity contribution in [1.29, 1.82) is 0 Å². The quantitative estimate of drug-likeness (QED) is 0.498. The second-order valence-electron chi connectivity index (χ2n) is 6.39. The SMILES string of the molecule is O=C(Nc1ccccc1)n1cc2[nH]cc3c(=O)n(-c4ccccc4)nc-3c2c1. The zero-order chi connectivity index (χ0) is 19.1. The van der Waals surface area contributed by atoms with Crippen molar-refractivity contribution in [1.82, 2.24) is 19.3 Å². The number of benzene rings is 2. The Labute approximate surface area is 159 Å². The normalized spacial score (nSPS) is 11.1. The molecular formula is C21H15N5O2. The van der Waals surface area contributed by atoms with Crippen molar-refractivity contribution in [2.45, 2.75) is 0 Å². The lowest BCUT2D eigenvalue weighted by atomic mass is 10.1. The lowest BCUT2D eigenvalue weighted by Crippen LogP contribution is -2.17. The van der Waals surface area contributed by atoms with E-state index in [1.807, 2.05) is 60.7 Å². The van der Waals surface area contributed by atoms with E-state index < -0.39 is 0 Å². The highest BCUT2D eigenvalue weighted by atomic mass is 16.2. The number of aromatic amines is 1. The molecule has 0 aliphatic carbocycles. The Balaban J connectivity index is 1.59. The van der Waals surface area contributed by atoms with Gasteiger partial charge in [0.2, 0.25) is 0 Å². The van der Waals surface area contributed by atoms with Gasteiger partial charge in [-0.05, 0) is 24.3 Å². The van der Waals surface area contributed by atoms with Crippen molar-refractivity contribution < 1.29 is 4.79 Å². The van der Waals surface area contributed by atoms with Crippen LogP contribution in [0.4, 0.5) is 10.5 Å². The van der Waals surface area contributed by atoms with Gasteiger partial charge < -0.3 is 10.3 Å². The molecule has 5 rings (SSSR count). The summed E-state index contributed by atoms with van der Waals surface area (Å²) in [6.45, 7) is 0. The van der Waals surface area contributed by atoms with Crippen LogP contribution >= 0.6 is 0 Å². The molecule has 2 aliphatic rings. The van der Waals surface area contributed by atoms with E-state index in [1.54, 1.807) is 18.6 Å². The standard InChI is InChI=1S/C21H15N5O2/c27-20-16-11-22-18-13-25(21(28)23-14-7-3-1-4-8-14)12-17(18)19(16)24-26(20)15-9-5-2-6-10-15/h1-13,22H,(H,23,28). The zero-order valence-electron chi connectivity index (χ0n) is 14.7. The molecule has 3 aromatic rings. The molecule has 2 aliphatic heterocycles. The molecular weight excluding hydrogens is 354 g/mol. The predicted octanol–water partition coefficient (Wildman–Crippen LogP) is 3.70. The molecule has 1 amide bonds. The monoisotopic (exact) mass is 369 g/mol. The molecule has 7 heteroatoms.